The van der Waals surface area contributed by atoms with E-state index < -0.39 is 0 Å². The number of nitrogens with zero attached hydrogens (tertiary/aromatic N) is 2. The van der Waals surface area contributed by atoms with Crippen LogP contribution in [0.3, 0.4) is 0 Å². The Hall–Kier alpha value is -1.90. The third-order valence-corrected chi connectivity index (χ3v) is 4.71. The van der Waals surface area contributed by atoms with Gasteiger partial charge in [-0.15, -0.1) is 6.58 Å². The highest BCUT2D eigenvalue weighted by Crippen LogP contribution is 2.26. The average Bonchev–Trinajstić information content (AvgIpc) is 3.35. The van der Waals surface area contributed by atoms with E-state index in [2.05, 4.69) is 84.0 Å². The van der Waals surface area contributed by atoms with Crippen molar-refractivity contribution in [3.8, 4) is 0 Å². The van der Waals surface area contributed by atoms with E-state index in [0.29, 0.717) is 12.1 Å². The molecule has 0 spiro atoms. The number of rotatable bonds is 8. The van der Waals surface area contributed by atoms with Crippen molar-refractivity contribution in [1.82, 2.24) is 9.80 Å². The van der Waals surface area contributed by atoms with Crippen LogP contribution >= 0.6 is 0 Å². The van der Waals surface area contributed by atoms with Crippen molar-refractivity contribution in [2.75, 3.05) is 13.1 Å². The van der Waals surface area contributed by atoms with E-state index in [1.54, 1.807) is 0 Å². The monoisotopic (exact) mass is 306 g/mol. The molecule has 1 heterocycles. The first-order valence-corrected chi connectivity index (χ1v) is 8.45. The van der Waals surface area contributed by atoms with E-state index in [0.717, 1.165) is 19.6 Å². The Morgan fingerprint density at radius 2 is 1.57 bits per heavy atom. The average molecular weight is 306 g/mol. The SMILES string of the molecule is C=CCN1C[C@H]1[C@H](C)N(Cc1ccccc1)Cc1ccccc1. The van der Waals surface area contributed by atoms with Gasteiger partial charge in [0.15, 0.2) is 0 Å². The third kappa shape index (κ3) is 4.31. The van der Waals surface area contributed by atoms with Crippen molar-refractivity contribution in [3.05, 3.63) is 84.4 Å². The Morgan fingerprint density at radius 3 is 2.04 bits per heavy atom. The largest absolute Gasteiger partial charge is 0.292 e. The smallest absolute Gasteiger partial charge is 0.0380 e. The second-order valence-electron chi connectivity index (χ2n) is 6.43. The molecule has 0 bridgehead atoms. The topological polar surface area (TPSA) is 6.25 Å². The van der Waals surface area contributed by atoms with Crippen molar-refractivity contribution in [3.63, 3.8) is 0 Å². The summed E-state index contributed by atoms with van der Waals surface area (Å²) in [5.74, 6) is 0. The molecule has 2 nitrogen and oxygen atoms in total. The van der Waals surface area contributed by atoms with Gasteiger partial charge in [-0.2, -0.15) is 0 Å². The molecule has 0 aromatic heterocycles. The predicted octanol–water partition coefficient (Wildman–Crippen LogP) is 3.95. The van der Waals surface area contributed by atoms with E-state index in [9.17, 15) is 0 Å². The van der Waals surface area contributed by atoms with Crippen LogP contribution in [0.15, 0.2) is 73.3 Å². The fourth-order valence-electron chi connectivity index (χ4n) is 3.25. The summed E-state index contributed by atoms with van der Waals surface area (Å²) in [4.78, 5) is 5.08. The van der Waals surface area contributed by atoms with Crippen LogP contribution in [-0.4, -0.2) is 35.0 Å². The first-order valence-electron chi connectivity index (χ1n) is 8.45. The van der Waals surface area contributed by atoms with Gasteiger partial charge in [0.2, 0.25) is 0 Å². The second-order valence-corrected chi connectivity index (χ2v) is 6.43. The zero-order valence-corrected chi connectivity index (χ0v) is 13.9. The molecular weight excluding hydrogens is 280 g/mol. The van der Waals surface area contributed by atoms with Gasteiger partial charge in [-0.25, -0.2) is 0 Å². The van der Waals surface area contributed by atoms with E-state index in [1.165, 1.54) is 17.7 Å². The van der Waals surface area contributed by atoms with Crippen LogP contribution in [0.5, 0.6) is 0 Å². The van der Waals surface area contributed by atoms with Crippen LogP contribution in [0, 0.1) is 0 Å². The maximum absolute atomic E-state index is 3.86. The minimum Gasteiger partial charge on any atom is -0.292 e. The lowest BCUT2D eigenvalue weighted by Gasteiger charge is -2.29. The van der Waals surface area contributed by atoms with Crippen LogP contribution in [0.1, 0.15) is 18.1 Å². The van der Waals surface area contributed by atoms with E-state index >= 15 is 0 Å². The highest BCUT2D eigenvalue weighted by Gasteiger charge is 2.39. The van der Waals surface area contributed by atoms with Crippen molar-refractivity contribution in [2.24, 2.45) is 0 Å². The first kappa shape index (κ1) is 16.0. The van der Waals surface area contributed by atoms with Crippen molar-refractivity contribution in [1.29, 1.82) is 0 Å². The molecule has 0 amide bonds. The molecular formula is C21H26N2. The van der Waals surface area contributed by atoms with Crippen molar-refractivity contribution in [2.45, 2.75) is 32.1 Å². The van der Waals surface area contributed by atoms with E-state index in [1.807, 2.05) is 6.08 Å². The van der Waals surface area contributed by atoms with E-state index in [4.69, 9.17) is 0 Å². The summed E-state index contributed by atoms with van der Waals surface area (Å²) in [5, 5.41) is 0. The fourth-order valence-corrected chi connectivity index (χ4v) is 3.25. The molecule has 0 saturated carbocycles. The molecule has 1 unspecified atom stereocenters. The molecule has 0 aliphatic carbocycles. The van der Waals surface area contributed by atoms with Gasteiger partial charge < -0.3 is 0 Å². The van der Waals surface area contributed by atoms with Crippen LogP contribution in [0.2, 0.25) is 0 Å². The standard InChI is InChI=1S/C21H26N2/c1-3-14-22-17-21(22)18(2)23(15-19-10-6-4-7-11-19)16-20-12-8-5-9-13-20/h3-13,18,21H,1,14-17H2,2H3/t18-,21-,22?/m0/s1. The normalized spacial score (nSPS) is 21.1. The Kier molecular flexibility index (Phi) is 5.27. The molecule has 0 radical (unpaired) electrons. The highest BCUT2D eigenvalue weighted by atomic mass is 15.4. The van der Waals surface area contributed by atoms with E-state index in [-0.39, 0.29) is 0 Å². The quantitative estimate of drug-likeness (QED) is 0.538. The minimum absolute atomic E-state index is 0.537. The summed E-state index contributed by atoms with van der Waals surface area (Å²) < 4.78 is 0. The highest BCUT2D eigenvalue weighted by molar-refractivity contribution is 5.18. The fraction of sp³-hybridized carbons (Fsp3) is 0.333. The Balaban J connectivity index is 1.71. The van der Waals surface area contributed by atoms with Gasteiger partial charge in [-0.3, -0.25) is 9.80 Å². The Bertz CT molecular complexity index is 567. The molecule has 1 fully saturated rings. The summed E-state index contributed by atoms with van der Waals surface area (Å²) in [6.07, 6.45) is 2.01. The number of hydrogen-bond acceptors (Lipinski definition) is 2. The lowest BCUT2D eigenvalue weighted by Crippen LogP contribution is -2.37. The van der Waals surface area contributed by atoms with Gasteiger partial charge in [0, 0.05) is 38.3 Å². The third-order valence-electron chi connectivity index (χ3n) is 4.71. The molecule has 3 atom stereocenters. The van der Waals surface area contributed by atoms with Crippen molar-refractivity contribution < 1.29 is 0 Å². The molecule has 2 aromatic rings. The number of benzene rings is 2. The van der Waals surface area contributed by atoms with Gasteiger partial charge in [0.25, 0.3) is 0 Å². The molecule has 3 rings (SSSR count). The molecule has 1 aliphatic heterocycles. The Morgan fingerprint density at radius 1 is 1.04 bits per heavy atom. The molecule has 0 N–H and O–H groups in total. The molecule has 2 aromatic carbocycles. The second kappa shape index (κ2) is 7.58. The van der Waals surface area contributed by atoms with Gasteiger partial charge in [0.1, 0.15) is 0 Å². The zero-order chi connectivity index (χ0) is 16.1. The van der Waals surface area contributed by atoms with Gasteiger partial charge in [0.05, 0.1) is 0 Å². The maximum atomic E-state index is 3.86. The lowest BCUT2D eigenvalue weighted by molar-refractivity contribution is 0.176. The van der Waals surface area contributed by atoms with Gasteiger partial charge >= 0.3 is 0 Å². The molecule has 1 aliphatic rings. The van der Waals surface area contributed by atoms with Gasteiger partial charge in [-0.05, 0) is 18.1 Å². The summed E-state index contributed by atoms with van der Waals surface area (Å²) in [7, 11) is 0. The molecule has 23 heavy (non-hydrogen) atoms. The summed E-state index contributed by atoms with van der Waals surface area (Å²) in [6, 6.07) is 22.8. The lowest BCUT2D eigenvalue weighted by atomic mass is 10.1. The molecule has 120 valence electrons. The first-order chi connectivity index (χ1) is 11.3. The Labute approximate surface area is 140 Å². The minimum atomic E-state index is 0.537. The van der Waals surface area contributed by atoms with Gasteiger partial charge in [-0.1, -0.05) is 66.7 Å². The summed E-state index contributed by atoms with van der Waals surface area (Å²) >= 11 is 0. The van der Waals surface area contributed by atoms with Crippen molar-refractivity contribution >= 4 is 0 Å². The van der Waals surface area contributed by atoms with Crippen LogP contribution in [0.25, 0.3) is 0 Å². The molecule has 2 heteroatoms. The van der Waals surface area contributed by atoms with Crippen LogP contribution in [-0.2, 0) is 13.1 Å². The summed E-state index contributed by atoms with van der Waals surface area (Å²) in [6.45, 7) is 10.4. The summed E-state index contributed by atoms with van der Waals surface area (Å²) in [5.41, 5.74) is 2.76. The number of hydrogen-bond donors (Lipinski definition) is 0. The molecule has 1 saturated heterocycles. The van der Waals surface area contributed by atoms with Crippen LogP contribution in [0.4, 0.5) is 0 Å². The maximum Gasteiger partial charge on any atom is 0.0380 e. The zero-order valence-electron chi connectivity index (χ0n) is 13.9. The van der Waals surface area contributed by atoms with Crippen LogP contribution < -0.4 is 0 Å². The predicted molar refractivity (Wildman–Crippen MR) is 97.2 cm³/mol.